The summed E-state index contributed by atoms with van der Waals surface area (Å²) < 4.78 is 15.6. The van der Waals surface area contributed by atoms with Gasteiger partial charge in [0.15, 0.2) is 6.29 Å². The first kappa shape index (κ1) is 12.1. The maximum Gasteiger partial charge on any atom is 0.153 e. The first-order chi connectivity index (χ1) is 9.20. The molecule has 1 atom stereocenters. The number of halogens is 1. The van der Waals surface area contributed by atoms with Crippen LogP contribution in [-0.2, 0) is 0 Å². The lowest BCUT2D eigenvalue weighted by molar-refractivity contribution is 0.112. The van der Waals surface area contributed by atoms with E-state index in [-0.39, 0.29) is 11.9 Å². The Morgan fingerprint density at radius 3 is 2.79 bits per heavy atom. The Bertz CT molecular complexity index is 616. The largest absolute Gasteiger partial charge is 0.298 e. The number of aromatic nitrogens is 2. The molecule has 4 heteroatoms. The molecule has 1 aromatic carbocycles. The summed E-state index contributed by atoms with van der Waals surface area (Å²) in [5.74, 6) is 0.280. The normalized spacial score (nSPS) is 16.3. The van der Waals surface area contributed by atoms with Crippen LogP contribution in [0.15, 0.2) is 30.5 Å². The molecule has 1 fully saturated rings. The van der Waals surface area contributed by atoms with Crippen molar-refractivity contribution in [2.24, 2.45) is 5.92 Å². The Hall–Kier alpha value is -1.97. The minimum Gasteiger partial charge on any atom is -0.298 e. The number of nitrogens with zero attached hydrogens (tertiary/aromatic N) is 2. The van der Waals surface area contributed by atoms with Gasteiger partial charge in [-0.1, -0.05) is 12.1 Å². The van der Waals surface area contributed by atoms with Crippen molar-refractivity contribution in [2.45, 2.75) is 25.8 Å². The van der Waals surface area contributed by atoms with E-state index in [0.29, 0.717) is 22.7 Å². The van der Waals surface area contributed by atoms with Crippen LogP contribution in [0.2, 0.25) is 0 Å². The quantitative estimate of drug-likeness (QED) is 0.787. The third-order valence-electron chi connectivity index (χ3n) is 3.74. The van der Waals surface area contributed by atoms with Gasteiger partial charge in [0.2, 0.25) is 0 Å². The van der Waals surface area contributed by atoms with Gasteiger partial charge >= 0.3 is 0 Å². The Morgan fingerprint density at radius 1 is 1.42 bits per heavy atom. The van der Waals surface area contributed by atoms with Gasteiger partial charge in [0, 0.05) is 11.8 Å². The molecule has 2 aromatic rings. The molecule has 0 amide bonds. The number of aldehydes is 1. The Kier molecular flexibility index (Phi) is 2.93. The number of hydrogen-bond acceptors (Lipinski definition) is 2. The number of carbonyl (C=O) groups excluding carboxylic acids is 1. The fourth-order valence-corrected chi connectivity index (χ4v) is 2.36. The van der Waals surface area contributed by atoms with Crippen LogP contribution in [0.1, 0.15) is 36.2 Å². The summed E-state index contributed by atoms with van der Waals surface area (Å²) in [5.41, 5.74) is 1.25. The molecule has 0 N–H and O–H groups in total. The van der Waals surface area contributed by atoms with Gasteiger partial charge < -0.3 is 0 Å². The lowest BCUT2D eigenvalue weighted by atomic mass is 10.1. The summed E-state index contributed by atoms with van der Waals surface area (Å²) in [7, 11) is 0. The highest BCUT2D eigenvalue weighted by molar-refractivity contribution is 5.85. The van der Waals surface area contributed by atoms with Gasteiger partial charge in [0.25, 0.3) is 0 Å². The topological polar surface area (TPSA) is 34.9 Å². The molecule has 1 aromatic heterocycles. The van der Waals surface area contributed by atoms with Crippen LogP contribution >= 0.6 is 0 Å². The average Bonchev–Trinajstić information content (AvgIpc) is 3.18. The SMILES string of the molecule is CC(C1CC1)n1cc(C=O)c(-c2ccccc2F)n1. The van der Waals surface area contributed by atoms with Gasteiger partial charge in [-0.25, -0.2) is 4.39 Å². The fraction of sp³-hybridized carbons (Fsp3) is 0.333. The van der Waals surface area contributed by atoms with Crippen molar-refractivity contribution in [2.75, 3.05) is 0 Å². The van der Waals surface area contributed by atoms with E-state index in [1.807, 2.05) is 0 Å². The van der Waals surface area contributed by atoms with Crippen LogP contribution in [0.4, 0.5) is 4.39 Å². The molecule has 0 bridgehead atoms. The molecule has 1 aliphatic carbocycles. The summed E-state index contributed by atoms with van der Waals surface area (Å²) in [6.45, 7) is 2.09. The first-order valence-corrected chi connectivity index (χ1v) is 6.50. The van der Waals surface area contributed by atoms with Crippen LogP contribution in [0.3, 0.4) is 0 Å². The zero-order valence-electron chi connectivity index (χ0n) is 10.7. The zero-order chi connectivity index (χ0) is 13.4. The molecule has 1 heterocycles. The van der Waals surface area contributed by atoms with Crippen molar-refractivity contribution in [1.82, 2.24) is 9.78 Å². The van der Waals surface area contributed by atoms with Gasteiger partial charge in [-0.3, -0.25) is 9.48 Å². The summed E-state index contributed by atoms with van der Waals surface area (Å²) in [5, 5.41) is 4.42. The second kappa shape index (κ2) is 4.61. The molecule has 3 nitrogen and oxygen atoms in total. The predicted octanol–water partition coefficient (Wildman–Crippen LogP) is 3.47. The van der Waals surface area contributed by atoms with Gasteiger partial charge in [0.1, 0.15) is 11.5 Å². The third-order valence-corrected chi connectivity index (χ3v) is 3.74. The maximum atomic E-state index is 13.8. The zero-order valence-corrected chi connectivity index (χ0v) is 10.7. The van der Waals surface area contributed by atoms with Crippen molar-refractivity contribution >= 4 is 6.29 Å². The van der Waals surface area contributed by atoms with Gasteiger partial charge in [0.05, 0.1) is 11.6 Å². The second-order valence-corrected chi connectivity index (χ2v) is 5.09. The number of benzene rings is 1. The van der Waals surface area contributed by atoms with Crippen LogP contribution in [0, 0.1) is 11.7 Å². The minimum atomic E-state index is -0.352. The maximum absolute atomic E-state index is 13.8. The molecule has 3 rings (SSSR count). The van der Waals surface area contributed by atoms with Gasteiger partial charge in [-0.05, 0) is 37.8 Å². The van der Waals surface area contributed by atoms with Crippen LogP contribution in [0.5, 0.6) is 0 Å². The molecule has 1 saturated carbocycles. The molecular formula is C15H15FN2O. The van der Waals surface area contributed by atoms with Crippen molar-refractivity contribution in [3.8, 4) is 11.3 Å². The molecule has 0 saturated heterocycles. The van der Waals surface area contributed by atoms with Crippen molar-refractivity contribution in [3.05, 3.63) is 41.8 Å². The fourth-order valence-electron chi connectivity index (χ4n) is 2.36. The highest BCUT2D eigenvalue weighted by atomic mass is 19.1. The average molecular weight is 258 g/mol. The van der Waals surface area contributed by atoms with E-state index in [0.717, 1.165) is 6.29 Å². The highest BCUT2D eigenvalue weighted by Gasteiger charge is 2.30. The highest BCUT2D eigenvalue weighted by Crippen LogP contribution is 2.39. The van der Waals surface area contributed by atoms with Gasteiger partial charge in [-0.2, -0.15) is 5.10 Å². The van der Waals surface area contributed by atoms with Crippen molar-refractivity contribution in [3.63, 3.8) is 0 Å². The van der Waals surface area contributed by atoms with Crippen LogP contribution in [0.25, 0.3) is 11.3 Å². The van der Waals surface area contributed by atoms with E-state index < -0.39 is 0 Å². The lowest BCUT2D eigenvalue weighted by Crippen LogP contribution is -2.07. The summed E-state index contributed by atoms with van der Waals surface area (Å²) in [6.07, 6.45) is 4.86. The van der Waals surface area contributed by atoms with E-state index in [1.165, 1.54) is 18.9 Å². The van der Waals surface area contributed by atoms with E-state index in [2.05, 4.69) is 12.0 Å². The molecule has 0 aliphatic heterocycles. The summed E-state index contributed by atoms with van der Waals surface area (Å²) in [6, 6.07) is 6.67. The van der Waals surface area contributed by atoms with Crippen LogP contribution in [-0.4, -0.2) is 16.1 Å². The monoisotopic (exact) mass is 258 g/mol. The van der Waals surface area contributed by atoms with Crippen molar-refractivity contribution < 1.29 is 9.18 Å². The number of carbonyl (C=O) groups is 1. The first-order valence-electron chi connectivity index (χ1n) is 6.50. The molecule has 0 radical (unpaired) electrons. The second-order valence-electron chi connectivity index (χ2n) is 5.09. The molecule has 0 spiro atoms. The molecule has 1 unspecified atom stereocenters. The Balaban J connectivity index is 2.05. The van der Waals surface area contributed by atoms with Gasteiger partial charge in [-0.15, -0.1) is 0 Å². The van der Waals surface area contributed by atoms with Crippen molar-refractivity contribution in [1.29, 1.82) is 0 Å². The Morgan fingerprint density at radius 2 is 2.16 bits per heavy atom. The predicted molar refractivity (Wildman–Crippen MR) is 70.4 cm³/mol. The lowest BCUT2D eigenvalue weighted by Gasteiger charge is -2.09. The van der Waals surface area contributed by atoms with E-state index in [4.69, 9.17) is 0 Å². The van der Waals surface area contributed by atoms with Crippen LogP contribution < -0.4 is 0 Å². The smallest absolute Gasteiger partial charge is 0.153 e. The summed E-state index contributed by atoms with van der Waals surface area (Å²) >= 11 is 0. The summed E-state index contributed by atoms with van der Waals surface area (Å²) in [4.78, 5) is 11.2. The third kappa shape index (κ3) is 2.18. The molecule has 19 heavy (non-hydrogen) atoms. The van der Waals surface area contributed by atoms with E-state index in [1.54, 1.807) is 29.1 Å². The molecule has 98 valence electrons. The molecule has 1 aliphatic rings. The number of rotatable bonds is 4. The number of hydrogen-bond donors (Lipinski definition) is 0. The van der Waals surface area contributed by atoms with E-state index >= 15 is 0 Å². The Labute approximate surface area is 111 Å². The standard InChI is InChI=1S/C15H15FN2O/c1-10(11-6-7-11)18-8-12(9-19)15(17-18)13-4-2-3-5-14(13)16/h2-5,8-11H,6-7H2,1H3. The van der Waals surface area contributed by atoms with E-state index in [9.17, 15) is 9.18 Å². The molecular weight excluding hydrogens is 243 g/mol. The minimum absolute atomic E-state index is 0.263.